The van der Waals surface area contributed by atoms with Crippen LogP contribution >= 0.6 is 0 Å². The smallest absolute Gasteiger partial charge is 0.495 e. The van der Waals surface area contributed by atoms with Gasteiger partial charge in [0.15, 0.2) is 0 Å². The lowest BCUT2D eigenvalue weighted by atomic mass is 10.1. The first kappa shape index (κ1) is 22.4. The van der Waals surface area contributed by atoms with Crippen molar-refractivity contribution in [3.63, 3.8) is 0 Å². The Morgan fingerprint density at radius 2 is 2.03 bits per heavy atom. The summed E-state index contributed by atoms with van der Waals surface area (Å²) >= 11 is 0. The summed E-state index contributed by atoms with van der Waals surface area (Å²) < 4.78 is 46.4. The molecule has 7 nitrogen and oxygen atoms in total. The summed E-state index contributed by atoms with van der Waals surface area (Å²) in [6.45, 7) is 0.255. The molecule has 0 radical (unpaired) electrons. The molecule has 0 bridgehead atoms. The Morgan fingerprint density at radius 1 is 1.21 bits per heavy atom. The minimum Gasteiger partial charge on any atom is -0.495 e. The first-order chi connectivity index (χ1) is 15.7. The number of hydrogen-bond donors (Lipinski definition) is 2. The van der Waals surface area contributed by atoms with E-state index in [1.807, 2.05) is 0 Å². The van der Waals surface area contributed by atoms with Crippen LogP contribution in [-0.4, -0.2) is 34.5 Å². The summed E-state index contributed by atoms with van der Waals surface area (Å²) in [5, 5.41) is 12.3. The van der Waals surface area contributed by atoms with Crippen molar-refractivity contribution in [2.75, 3.05) is 12.4 Å². The molecule has 1 aromatic carbocycles. The molecule has 2 N–H and O–H groups in total. The minimum atomic E-state index is -4.74. The maximum absolute atomic E-state index is 12.4. The average Bonchev–Trinajstić information content (AvgIpc) is 3.58. The quantitative estimate of drug-likeness (QED) is 0.497. The highest BCUT2D eigenvalue weighted by Gasteiger charge is 2.46. The van der Waals surface area contributed by atoms with Crippen LogP contribution in [0.5, 0.6) is 11.5 Å². The molecule has 1 aliphatic rings. The lowest BCUT2D eigenvalue weighted by Crippen LogP contribution is -2.17. The highest BCUT2D eigenvalue weighted by atomic mass is 19.4. The van der Waals surface area contributed by atoms with Crippen LogP contribution in [-0.2, 0) is 11.3 Å². The van der Waals surface area contributed by atoms with Crippen molar-refractivity contribution in [1.82, 2.24) is 9.97 Å². The number of pyridine rings is 2. The van der Waals surface area contributed by atoms with Crippen molar-refractivity contribution in [2.24, 2.45) is 5.92 Å². The molecular weight excluding hydrogens is 439 g/mol. The van der Waals surface area contributed by atoms with Gasteiger partial charge in [-0.3, -0.25) is 4.79 Å². The molecule has 4 rings (SSSR count). The van der Waals surface area contributed by atoms with Crippen molar-refractivity contribution >= 4 is 11.8 Å². The van der Waals surface area contributed by atoms with E-state index in [1.165, 1.54) is 25.3 Å². The number of ether oxygens (including phenoxy) is 2. The largest absolute Gasteiger partial charge is 0.573 e. The normalized spacial score (nSPS) is 17.3. The lowest BCUT2D eigenvalue weighted by molar-refractivity contribution is -0.274. The Bertz CT molecular complexity index is 1150. The fourth-order valence-corrected chi connectivity index (χ4v) is 3.53. The molecule has 2 atom stereocenters. The number of nitrogens with zero attached hydrogens (tertiary/aromatic N) is 2. The Hall–Kier alpha value is -3.82. The molecule has 33 heavy (non-hydrogen) atoms. The van der Waals surface area contributed by atoms with E-state index in [-0.39, 0.29) is 18.2 Å². The number of aromatic nitrogens is 2. The molecule has 1 aliphatic carbocycles. The second-order valence-electron chi connectivity index (χ2n) is 7.55. The highest BCUT2D eigenvalue weighted by molar-refractivity contribution is 5.75. The van der Waals surface area contributed by atoms with Crippen molar-refractivity contribution in [3.05, 3.63) is 66.0 Å². The number of rotatable bonds is 8. The third kappa shape index (κ3) is 5.51. The molecule has 3 aromatic rings. The van der Waals surface area contributed by atoms with E-state index in [0.29, 0.717) is 34.9 Å². The maximum Gasteiger partial charge on any atom is 0.573 e. The highest BCUT2D eigenvalue weighted by Crippen LogP contribution is 2.50. The van der Waals surface area contributed by atoms with Crippen LogP contribution in [0.3, 0.4) is 0 Å². The summed E-state index contributed by atoms with van der Waals surface area (Å²) in [5.74, 6) is -0.679. The van der Waals surface area contributed by atoms with E-state index in [2.05, 4.69) is 20.0 Å². The summed E-state index contributed by atoms with van der Waals surface area (Å²) in [6.07, 6.45) is -2.60. The number of methoxy groups -OCH3 is 1. The number of alkyl halides is 3. The predicted octanol–water partition coefficient (Wildman–Crippen LogP) is 4.85. The molecule has 0 aliphatic heterocycles. The number of aliphatic carboxylic acids is 1. The number of carbonyl (C=O) groups is 1. The van der Waals surface area contributed by atoms with Crippen molar-refractivity contribution < 1.29 is 32.5 Å². The maximum atomic E-state index is 12.4. The van der Waals surface area contributed by atoms with Gasteiger partial charge in [0.2, 0.25) is 0 Å². The third-order valence-corrected chi connectivity index (χ3v) is 5.23. The molecule has 2 unspecified atom stereocenters. The standard InChI is InChI=1S/C23H20F3N3O4/c1-32-19-7-6-18(29-21(19)16-10-17(16)22(30)31)14-5-8-20(28-12-14)27-11-13-3-2-4-15(9-13)33-23(24,25)26/h2-9,12,16-17H,10-11H2,1H3,(H,27,28)(H,30,31). The van der Waals surface area contributed by atoms with Gasteiger partial charge in [-0.05, 0) is 48.4 Å². The van der Waals surface area contributed by atoms with Crippen LogP contribution in [0.15, 0.2) is 54.7 Å². The summed E-state index contributed by atoms with van der Waals surface area (Å²) in [5.41, 5.74) is 2.59. The van der Waals surface area contributed by atoms with Crippen LogP contribution in [0, 0.1) is 5.92 Å². The number of carboxylic acid groups (broad SMARTS) is 1. The molecule has 1 saturated carbocycles. The molecule has 2 aromatic heterocycles. The first-order valence-electron chi connectivity index (χ1n) is 10.1. The Labute approximate surface area is 187 Å². The van der Waals surface area contributed by atoms with Crippen molar-refractivity contribution in [3.8, 4) is 22.8 Å². The van der Waals surface area contributed by atoms with E-state index in [9.17, 15) is 23.1 Å². The van der Waals surface area contributed by atoms with E-state index >= 15 is 0 Å². The lowest BCUT2D eigenvalue weighted by Gasteiger charge is -2.11. The zero-order valence-electron chi connectivity index (χ0n) is 17.5. The van der Waals surface area contributed by atoms with Gasteiger partial charge < -0.3 is 19.9 Å². The van der Waals surface area contributed by atoms with Gasteiger partial charge in [-0.25, -0.2) is 9.97 Å². The zero-order valence-corrected chi connectivity index (χ0v) is 17.5. The molecule has 0 saturated heterocycles. The SMILES string of the molecule is COc1ccc(-c2ccc(NCc3cccc(OC(F)(F)F)c3)nc2)nc1C1CC1C(=O)O. The van der Waals surface area contributed by atoms with E-state index in [4.69, 9.17) is 4.74 Å². The van der Waals surface area contributed by atoms with Gasteiger partial charge in [-0.15, -0.1) is 13.2 Å². The number of nitrogens with one attached hydrogen (secondary N) is 1. The Morgan fingerprint density at radius 3 is 2.67 bits per heavy atom. The monoisotopic (exact) mass is 459 g/mol. The Kier molecular flexibility index (Phi) is 6.08. The topological polar surface area (TPSA) is 93.6 Å². The number of hydrogen-bond acceptors (Lipinski definition) is 6. The summed E-state index contributed by atoms with van der Waals surface area (Å²) in [6, 6.07) is 12.8. The fraction of sp³-hybridized carbons (Fsp3) is 0.261. The van der Waals surface area contributed by atoms with E-state index < -0.39 is 18.2 Å². The van der Waals surface area contributed by atoms with Gasteiger partial charge in [0.25, 0.3) is 0 Å². The molecule has 0 amide bonds. The average molecular weight is 459 g/mol. The van der Waals surface area contributed by atoms with Crippen LogP contribution in [0.25, 0.3) is 11.3 Å². The van der Waals surface area contributed by atoms with E-state index in [1.54, 1.807) is 36.5 Å². The van der Waals surface area contributed by atoms with Gasteiger partial charge in [0, 0.05) is 24.2 Å². The molecule has 0 spiro atoms. The number of halogens is 3. The van der Waals surface area contributed by atoms with Crippen LogP contribution < -0.4 is 14.8 Å². The molecule has 172 valence electrons. The first-order valence-corrected chi connectivity index (χ1v) is 10.1. The second-order valence-corrected chi connectivity index (χ2v) is 7.55. The second kappa shape index (κ2) is 8.97. The van der Waals surface area contributed by atoms with Crippen LogP contribution in [0.4, 0.5) is 19.0 Å². The number of benzene rings is 1. The minimum absolute atomic E-state index is 0.177. The number of anilines is 1. The third-order valence-electron chi connectivity index (χ3n) is 5.23. The van der Waals surface area contributed by atoms with Crippen molar-refractivity contribution in [2.45, 2.75) is 25.2 Å². The number of carboxylic acids is 1. The van der Waals surface area contributed by atoms with Gasteiger partial charge >= 0.3 is 12.3 Å². The molecular formula is C23H20F3N3O4. The fourth-order valence-electron chi connectivity index (χ4n) is 3.53. The molecule has 1 fully saturated rings. The zero-order chi connectivity index (χ0) is 23.6. The van der Waals surface area contributed by atoms with Crippen LogP contribution in [0.2, 0.25) is 0 Å². The Balaban J connectivity index is 1.44. The summed E-state index contributed by atoms with van der Waals surface area (Å²) in [7, 11) is 1.52. The van der Waals surface area contributed by atoms with Gasteiger partial charge in [0.05, 0.1) is 24.4 Å². The van der Waals surface area contributed by atoms with Gasteiger partial charge in [0.1, 0.15) is 17.3 Å². The van der Waals surface area contributed by atoms with Gasteiger partial charge in [-0.2, -0.15) is 0 Å². The molecule has 10 heteroatoms. The predicted molar refractivity (Wildman–Crippen MR) is 113 cm³/mol. The molecule has 2 heterocycles. The van der Waals surface area contributed by atoms with E-state index in [0.717, 1.165) is 5.56 Å². The summed E-state index contributed by atoms with van der Waals surface area (Å²) in [4.78, 5) is 20.2. The van der Waals surface area contributed by atoms with Crippen molar-refractivity contribution in [1.29, 1.82) is 0 Å². The van der Waals surface area contributed by atoms with Gasteiger partial charge in [-0.1, -0.05) is 12.1 Å². The van der Waals surface area contributed by atoms with Crippen LogP contribution in [0.1, 0.15) is 23.6 Å².